The van der Waals surface area contributed by atoms with Crippen LogP contribution < -0.4 is 0 Å². The Labute approximate surface area is 99.5 Å². The smallest absolute Gasteiger partial charge is 0.0701 e. The molecule has 0 aromatic rings. The standard InChI is InChI=1S/C13H26O3/c1-2-7-14-9-11-16-12-10-15-8-6-13-4-3-5-13/h13H,2-12H2,1H3. The predicted molar refractivity (Wildman–Crippen MR) is 64.7 cm³/mol. The van der Waals surface area contributed by atoms with E-state index in [-0.39, 0.29) is 0 Å². The second-order valence-corrected chi connectivity index (χ2v) is 4.42. The fourth-order valence-corrected chi connectivity index (χ4v) is 1.72. The molecule has 0 aliphatic heterocycles. The Morgan fingerprint density at radius 3 is 1.88 bits per heavy atom. The third kappa shape index (κ3) is 7.20. The zero-order chi connectivity index (χ0) is 11.5. The van der Waals surface area contributed by atoms with Crippen molar-refractivity contribution in [1.29, 1.82) is 0 Å². The SMILES string of the molecule is CCCOCCOCCOCCC1CCC1. The van der Waals surface area contributed by atoms with Crippen LogP contribution in [0, 0.1) is 5.92 Å². The number of hydrogen-bond donors (Lipinski definition) is 0. The molecule has 0 unspecified atom stereocenters. The van der Waals surface area contributed by atoms with Gasteiger partial charge in [0.1, 0.15) is 0 Å². The molecule has 1 aliphatic carbocycles. The summed E-state index contributed by atoms with van der Waals surface area (Å²) in [4.78, 5) is 0. The lowest BCUT2D eigenvalue weighted by Crippen LogP contribution is -2.15. The molecule has 0 amide bonds. The fourth-order valence-electron chi connectivity index (χ4n) is 1.72. The van der Waals surface area contributed by atoms with Crippen LogP contribution in [-0.4, -0.2) is 39.6 Å². The van der Waals surface area contributed by atoms with E-state index in [2.05, 4.69) is 6.92 Å². The van der Waals surface area contributed by atoms with Crippen molar-refractivity contribution in [2.24, 2.45) is 5.92 Å². The van der Waals surface area contributed by atoms with Crippen molar-refractivity contribution in [3.05, 3.63) is 0 Å². The summed E-state index contributed by atoms with van der Waals surface area (Å²) in [6.07, 6.45) is 6.55. The maximum Gasteiger partial charge on any atom is 0.0701 e. The molecule has 1 aliphatic rings. The summed E-state index contributed by atoms with van der Waals surface area (Å²) in [6.45, 7) is 6.65. The van der Waals surface area contributed by atoms with Gasteiger partial charge >= 0.3 is 0 Å². The highest BCUT2D eigenvalue weighted by Crippen LogP contribution is 2.28. The zero-order valence-electron chi connectivity index (χ0n) is 10.6. The average molecular weight is 230 g/mol. The van der Waals surface area contributed by atoms with E-state index < -0.39 is 0 Å². The fraction of sp³-hybridized carbons (Fsp3) is 1.00. The topological polar surface area (TPSA) is 27.7 Å². The van der Waals surface area contributed by atoms with Gasteiger partial charge in [0.25, 0.3) is 0 Å². The van der Waals surface area contributed by atoms with Gasteiger partial charge in [0.2, 0.25) is 0 Å². The number of hydrogen-bond acceptors (Lipinski definition) is 3. The first kappa shape index (κ1) is 13.9. The van der Waals surface area contributed by atoms with Crippen molar-refractivity contribution in [1.82, 2.24) is 0 Å². The van der Waals surface area contributed by atoms with E-state index in [1.165, 1.54) is 25.7 Å². The quantitative estimate of drug-likeness (QED) is 0.511. The highest BCUT2D eigenvalue weighted by Gasteiger charge is 2.16. The Morgan fingerprint density at radius 1 is 0.812 bits per heavy atom. The molecule has 1 saturated carbocycles. The second-order valence-electron chi connectivity index (χ2n) is 4.42. The van der Waals surface area contributed by atoms with Gasteiger partial charge in [0.15, 0.2) is 0 Å². The van der Waals surface area contributed by atoms with Gasteiger partial charge in [0, 0.05) is 13.2 Å². The maximum atomic E-state index is 5.50. The van der Waals surface area contributed by atoms with Gasteiger partial charge in [0.05, 0.1) is 26.4 Å². The molecule has 16 heavy (non-hydrogen) atoms. The largest absolute Gasteiger partial charge is 0.379 e. The summed E-state index contributed by atoms with van der Waals surface area (Å²) in [7, 11) is 0. The Kier molecular flexibility index (Phi) is 8.77. The molecule has 0 atom stereocenters. The maximum absolute atomic E-state index is 5.50. The second kappa shape index (κ2) is 10.1. The van der Waals surface area contributed by atoms with Gasteiger partial charge in [-0.2, -0.15) is 0 Å². The van der Waals surface area contributed by atoms with E-state index in [9.17, 15) is 0 Å². The molecule has 0 heterocycles. The van der Waals surface area contributed by atoms with Crippen LogP contribution in [-0.2, 0) is 14.2 Å². The minimum Gasteiger partial charge on any atom is -0.379 e. The van der Waals surface area contributed by atoms with E-state index in [1.807, 2.05) is 0 Å². The Hall–Kier alpha value is -0.120. The van der Waals surface area contributed by atoms with Crippen LogP contribution in [0.2, 0.25) is 0 Å². The van der Waals surface area contributed by atoms with Gasteiger partial charge in [-0.3, -0.25) is 0 Å². The zero-order valence-corrected chi connectivity index (χ0v) is 10.6. The molecular weight excluding hydrogens is 204 g/mol. The number of rotatable bonds is 11. The highest BCUT2D eigenvalue weighted by atomic mass is 16.5. The minimum atomic E-state index is 0.686. The Morgan fingerprint density at radius 2 is 1.38 bits per heavy atom. The van der Waals surface area contributed by atoms with Crippen LogP contribution in [0.5, 0.6) is 0 Å². The molecule has 1 rings (SSSR count). The van der Waals surface area contributed by atoms with E-state index in [1.54, 1.807) is 0 Å². The summed E-state index contributed by atoms with van der Waals surface area (Å²) in [6, 6.07) is 0. The third-order valence-electron chi connectivity index (χ3n) is 2.99. The van der Waals surface area contributed by atoms with E-state index in [4.69, 9.17) is 14.2 Å². The van der Waals surface area contributed by atoms with Gasteiger partial charge < -0.3 is 14.2 Å². The molecule has 0 aromatic heterocycles. The van der Waals surface area contributed by atoms with Gasteiger partial charge in [-0.15, -0.1) is 0 Å². The van der Waals surface area contributed by atoms with Crippen molar-refractivity contribution in [3.8, 4) is 0 Å². The van der Waals surface area contributed by atoms with Gasteiger partial charge in [-0.25, -0.2) is 0 Å². The van der Waals surface area contributed by atoms with E-state index in [0.29, 0.717) is 19.8 Å². The summed E-state index contributed by atoms with van der Waals surface area (Å²) in [5.74, 6) is 0.948. The minimum absolute atomic E-state index is 0.686. The van der Waals surface area contributed by atoms with Crippen LogP contribution in [0.3, 0.4) is 0 Å². The molecule has 96 valence electrons. The first-order valence-electron chi connectivity index (χ1n) is 6.66. The molecule has 0 saturated heterocycles. The normalized spacial score (nSPS) is 16.3. The summed E-state index contributed by atoms with van der Waals surface area (Å²) in [5.41, 5.74) is 0. The monoisotopic (exact) mass is 230 g/mol. The van der Waals surface area contributed by atoms with Crippen LogP contribution >= 0.6 is 0 Å². The van der Waals surface area contributed by atoms with Crippen molar-refractivity contribution >= 4 is 0 Å². The molecule has 0 spiro atoms. The third-order valence-corrected chi connectivity index (χ3v) is 2.99. The lowest BCUT2D eigenvalue weighted by atomic mass is 9.83. The Balaban J connectivity index is 1.65. The van der Waals surface area contributed by atoms with Crippen molar-refractivity contribution in [2.75, 3.05) is 39.6 Å². The molecule has 3 nitrogen and oxygen atoms in total. The van der Waals surface area contributed by atoms with Gasteiger partial charge in [-0.1, -0.05) is 26.2 Å². The van der Waals surface area contributed by atoms with Gasteiger partial charge in [-0.05, 0) is 18.8 Å². The van der Waals surface area contributed by atoms with Crippen LogP contribution in [0.25, 0.3) is 0 Å². The molecule has 0 N–H and O–H groups in total. The van der Waals surface area contributed by atoms with Crippen LogP contribution in [0.15, 0.2) is 0 Å². The van der Waals surface area contributed by atoms with Crippen LogP contribution in [0.4, 0.5) is 0 Å². The predicted octanol–water partition coefficient (Wildman–Crippen LogP) is 2.64. The molecular formula is C13H26O3. The number of ether oxygens (including phenoxy) is 3. The van der Waals surface area contributed by atoms with Crippen molar-refractivity contribution in [3.63, 3.8) is 0 Å². The summed E-state index contributed by atoms with van der Waals surface area (Å²) in [5, 5.41) is 0. The lowest BCUT2D eigenvalue weighted by Gasteiger charge is -2.24. The average Bonchev–Trinajstić information content (AvgIpc) is 2.23. The Bertz CT molecular complexity index is 146. The van der Waals surface area contributed by atoms with Crippen molar-refractivity contribution in [2.45, 2.75) is 39.0 Å². The first-order valence-corrected chi connectivity index (χ1v) is 6.66. The van der Waals surface area contributed by atoms with Crippen molar-refractivity contribution < 1.29 is 14.2 Å². The molecule has 3 heteroatoms. The van der Waals surface area contributed by atoms with E-state index in [0.717, 1.165) is 32.2 Å². The summed E-state index contributed by atoms with van der Waals surface area (Å²) < 4.78 is 16.2. The lowest BCUT2D eigenvalue weighted by molar-refractivity contribution is 0.0107. The summed E-state index contributed by atoms with van der Waals surface area (Å²) >= 11 is 0. The molecule has 1 fully saturated rings. The molecule has 0 bridgehead atoms. The van der Waals surface area contributed by atoms with Crippen LogP contribution in [0.1, 0.15) is 39.0 Å². The van der Waals surface area contributed by atoms with E-state index >= 15 is 0 Å². The first-order chi connectivity index (χ1) is 7.93. The molecule has 0 radical (unpaired) electrons. The highest BCUT2D eigenvalue weighted by molar-refractivity contribution is 4.68. The molecule has 0 aromatic carbocycles.